The first-order valence-electron chi connectivity index (χ1n) is 11.5. The molecule has 0 aromatic heterocycles. The van der Waals surface area contributed by atoms with Crippen LogP contribution < -0.4 is 9.47 Å². The molecule has 0 aliphatic heterocycles. The first-order valence-corrected chi connectivity index (χ1v) is 11.5. The van der Waals surface area contributed by atoms with Gasteiger partial charge < -0.3 is 9.47 Å². The Labute approximate surface area is 205 Å². The van der Waals surface area contributed by atoms with Gasteiger partial charge in [0.05, 0.1) is 18.2 Å². The normalized spacial score (nSPS) is 11.2. The first kappa shape index (κ1) is 23.8. The highest BCUT2D eigenvalue weighted by Crippen LogP contribution is 2.36. The number of halogens is 1. The van der Waals surface area contributed by atoms with E-state index in [0.29, 0.717) is 42.3 Å². The predicted molar refractivity (Wildman–Crippen MR) is 140 cm³/mol. The van der Waals surface area contributed by atoms with Crippen LogP contribution in [0.3, 0.4) is 0 Å². The number of fused-ring (bicyclic) bond motifs is 1. The van der Waals surface area contributed by atoms with E-state index in [-0.39, 0.29) is 5.82 Å². The topological polar surface area (TPSA) is 42.2 Å². The molecule has 0 saturated carbocycles. The summed E-state index contributed by atoms with van der Waals surface area (Å²) < 4.78 is 26.0. The average Bonchev–Trinajstić information content (AvgIpc) is 2.87. The number of nitrogens with zero attached hydrogens (tertiary/aromatic N) is 1. The summed E-state index contributed by atoms with van der Waals surface area (Å²) in [5.41, 5.74) is 3.63. The minimum Gasteiger partial charge on any atom is -0.490 e. The third-order valence-electron chi connectivity index (χ3n) is 5.64. The molecule has 0 N–H and O–H groups in total. The maximum absolute atomic E-state index is 13.7. The molecular weight excluding hydrogens is 437 g/mol. The fraction of sp³-hybridized carbons (Fsp3) is 0.129. The zero-order chi connectivity index (χ0) is 24.6. The molecule has 4 rings (SSSR count). The van der Waals surface area contributed by atoms with Gasteiger partial charge in [-0.1, -0.05) is 60.7 Å². The maximum atomic E-state index is 13.7. The zero-order valence-corrected chi connectivity index (χ0v) is 19.6. The van der Waals surface area contributed by atoms with Crippen molar-refractivity contribution in [3.63, 3.8) is 0 Å². The fourth-order valence-electron chi connectivity index (χ4n) is 4.07. The molecule has 0 aliphatic rings. The van der Waals surface area contributed by atoms with Crippen molar-refractivity contribution < 1.29 is 13.9 Å². The fourth-order valence-corrected chi connectivity index (χ4v) is 4.07. The van der Waals surface area contributed by atoms with Gasteiger partial charge in [0.15, 0.2) is 11.5 Å². The van der Waals surface area contributed by atoms with Crippen LogP contribution in [0.15, 0.2) is 91.5 Å². The van der Waals surface area contributed by atoms with E-state index >= 15 is 0 Å². The van der Waals surface area contributed by atoms with Gasteiger partial charge in [0, 0.05) is 5.56 Å². The van der Waals surface area contributed by atoms with E-state index in [1.54, 1.807) is 24.3 Å². The Morgan fingerprint density at radius 2 is 1.77 bits per heavy atom. The van der Waals surface area contributed by atoms with Crippen LogP contribution >= 0.6 is 0 Å². The molecule has 0 saturated heterocycles. The molecule has 0 unspecified atom stereocenters. The number of hydrogen-bond donors (Lipinski definition) is 0. The third kappa shape index (κ3) is 5.59. The summed E-state index contributed by atoms with van der Waals surface area (Å²) in [6.45, 7) is 6.65. The van der Waals surface area contributed by atoms with Gasteiger partial charge in [0.1, 0.15) is 12.4 Å². The Balaban J connectivity index is 1.73. The third-order valence-corrected chi connectivity index (χ3v) is 5.64. The van der Waals surface area contributed by atoms with Gasteiger partial charge in [-0.3, -0.25) is 0 Å². The van der Waals surface area contributed by atoms with Crippen LogP contribution in [0.4, 0.5) is 4.39 Å². The zero-order valence-electron chi connectivity index (χ0n) is 19.6. The molecule has 3 nitrogen and oxygen atoms in total. The van der Waals surface area contributed by atoms with Gasteiger partial charge in [-0.2, -0.15) is 5.26 Å². The SMILES string of the molecule is C=CCc1cc(/C=C(/C#N)c2cccc(F)c2)cc(OCC)c1OCc1cccc2ccccc12. The van der Waals surface area contributed by atoms with E-state index in [0.717, 1.165) is 27.5 Å². The monoisotopic (exact) mass is 463 g/mol. The van der Waals surface area contributed by atoms with Crippen molar-refractivity contribution in [3.05, 3.63) is 120 Å². The Morgan fingerprint density at radius 1 is 0.971 bits per heavy atom. The molecule has 0 bridgehead atoms. The van der Waals surface area contributed by atoms with Crippen LogP contribution in [0.25, 0.3) is 22.4 Å². The second-order valence-corrected chi connectivity index (χ2v) is 8.04. The lowest BCUT2D eigenvalue weighted by Crippen LogP contribution is -2.04. The molecule has 0 radical (unpaired) electrons. The van der Waals surface area contributed by atoms with Crippen LogP contribution in [0, 0.1) is 17.1 Å². The van der Waals surface area contributed by atoms with Crippen molar-refractivity contribution >= 4 is 22.4 Å². The van der Waals surface area contributed by atoms with Crippen molar-refractivity contribution in [2.75, 3.05) is 6.61 Å². The Kier molecular flexibility index (Phi) is 7.60. The van der Waals surface area contributed by atoms with Crippen LogP contribution in [0.2, 0.25) is 0 Å². The molecule has 4 heteroatoms. The smallest absolute Gasteiger partial charge is 0.165 e. The summed E-state index contributed by atoms with van der Waals surface area (Å²) in [5.74, 6) is 0.860. The highest BCUT2D eigenvalue weighted by molar-refractivity contribution is 5.90. The summed E-state index contributed by atoms with van der Waals surface area (Å²) in [6.07, 6.45) is 4.11. The summed E-state index contributed by atoms with van der Waals surface area (Å²) in [5, 5.41) is 12.0. The van der Waals surface area contributed by atoms with Gasteiger partial charge in [0.2, 0.25) is 0 Å². The first-order chi connectivity index (χ1) is 17.1. The highest BCUT2D eigenvalue weighted by Gasteiger charge is 2.15. The molecule has 0 fully saturated rings. The molecule has 0 aliphatic carbocycles. The predicted octanol–water partition coefficient (Wildman–Crippen LogP) is 7.75. The standard InChI is InChI=1S/C31H26FNO2/c1-3-9-25-16-22(17-27(20-33)24-12-8-14-28(32)19-24)18-30(34-4-2)31(25)35-21-26-13-7-11-23-10-5-6-15-29(23)26/h3,5-8,10-19H,1,4,9,21H2,2H3/b27-17-. The summed E-state index contributed by atoms with van der Waals surface area (Å²) in [7, 11) is 0. The van der Waals surface area contributed by atoms with Crippen LogP contribution in [0.5, 0.6) is 11.5 Å². The lowest BCUT2D eigenvalue weighted by atomic mass is 10.0. The average molecular weight is 464 g/mol. The number of allylic oxidation sites excluding steroid dienone is 2. The minimum atomic E-state index is -0.386. The highest BCUT2D eigenvalue weighted by atomic mass is 19.1. The largest absolute Gasteiger partial charge is 0.490 e. The van der Waals surface area contributed by atoms with Crippen molar-refractivity contribution in [1.29, 1.82) is 5.26 Å². The van der Waals surface area contributed by atoms with E-state index in [2.05, 4.69) is 36.9 Å². The van der Waals surface area contributed by atoms with Crippen molar-refractivity contribution in [2.24, 2.45) is 0 Å². The van der Waals surface area contributed by atoms with Crippen molar-refractivity contribution in [3.8, 4) is 17.6 Å². The number of ether oxygens (including phenoxy) is 2. The number of rotatable bonds is 9. The van der Waals surface area contributed by atoms with E-state index in [1.807, 2.05) is 37.3 Å². The van der Waals surface area contributed by atoms with Gasteiger partial charge in [-0.15, -0.1) is 6.58 Å². The van der Waals surface area contributed by atoms with Gasteiger partial charge in [0.25, 0.3) is 0 Å². The molecule has 0 atom stereocenters. The molecule has 0 heterocycles. The number of hydrogen-bond acceptors (Lipinski definition) is 3. The second kappa shape index (κ2) is 11.2. The molecule has 35 heavy (non-hydrogen) atoms. The molecule has 0 spiro atoms. The van der Waals surface area contributed by atoms with Crippen molar-refractivity contribution in [2.45, 2.75) is 20.0 Å². The lowest BCUT2D eigenvalue weighted by Gasteiger charge is -2.17. The van der Waals surface area contributed by atoms with Gasteiger partial charge in [-0.25, -0.2) is 4.39 Å². The van der Waals surface area contributed by atoms with E-state index in [4.69, 9.17) is 9.47 Å². The van der Waals surface area contributed by atoms with Gasteiger partial charge in [-0.05, 0) is 71.1 Å². The second-order valence-electron chi connectivity index (χ2n) is 8.04. The van der Waals surface area contributed by atoms with E-state index in [9.17, 15) is 9.65 Å². The van der Waals surface area contributed by atoms with Crippen LogP contribution in [-0.2, 0) is 13.0 Å². The lowest BCUT2D eigenvalue weighted by molar-refractivity contribution is 0.268. The van der Waals surface area contributed by atoms with Crippen LogP contribution in [-0.4, -0.2) is 6.61 Å². The summed E-state index contributed by atoms with van der Waals surface area (Å²) >= 11 is 0. The van der Waals surface area contributed by atoms with Gasteiger partial charge >= 0.3 is 0 Å². The molecule has 0 amide bonds. The Hall–Kier alpha value is -4.36. The maximum Gasteiger partial charge on any atom is 0.165 e. The van der Waals surface area contributed by atoms with E-state index < -0.39 is 0 Å². The summed E-state index contributed by atoms with van der Waals surface area (Å²) in [4.78, 5) is 0. The van der Waals surface area contributed by atoms with Crippen LogP contribution in [0.1, 0.15) is 29.2 Å². The minimum absolute atomic E-state index is 0.362. The molecule has 4 aromatic carbocycles. The van der Waals surface area contributed by atoms with Crippen molar-refractivity contribution in [1.82, 2.24) is 0 Å². The Morgan fingerprint density at radius 3 is 2.54 bits per heavy atom. The molecular formula is C31H26FNO2. The Bertz CT molecular complexity index is 1430. The quantitative estimate of drug-likeness (QED) is 0.145. The van der Waals surface area contributed by atoms with E-state index in [1.165, 1.54) is 12.1 Å². The number of nitriles is 1. The summed E-state index contributed by atoms with van der Waals surface area (Å²) in [6, 6.07) is 26.4. The number of benzene rings is 4. The molecule has 174 valence electrons. The molecule has 4 aromatic rings.